The second kappa shape index (κ2) is 4.87. The molecule has 0 atom stereocenters. The lowest BCUT2D eigenvalue weighted by Crippen LogP contribution is -1.81. The number of benzene rings is 3. The maximum Gasteiger partial charge on any atom is 0.112 e. The van der Waals surface area contributed by atoms with E-state index in [9.17, 15) is 0 Å². The lowest BCUT2D eigenvalue weighted by molar-refractivity contribution is 0.942. The Morgan fingerprint density at radius 2 is 1.38 bits per heavy atom. The van der Waals surface area contributed by atoms with Crippen LogP contribution in [0.2, 0.25) is 0 Å². The number of fused-ring (bicyclic) bond motifs is 1. The van der Waals surface area contributed by atoms with Gasteiger partial charge < -0.3 is 0 Å². The van der Waals surface area contributed by atoms with Crippen molar-refractivity contribution in [2.45, 2.75) is 0 Å². The number of rotatable bonds is 2. The summed E-state index contributed by atoms with van der Waals surface area (Å²) in [5.41, 5.74) is 4.41. The van der Waals surface area contributed by atoms with Crippen LogP contribution in [0.1, 0.15) is 0 Å². The van der Waals surface area contributed by atoms with Crippen LogP contribution in [0.25, 0.3) is 33.2 Å². The summed E-state index contributed by atoms with van der Waals surface area (Å²) >= 11 is 0. The van der Waals surface area contributed by atoms with Crippen molar-refractivity contribution in [3.05, 3.63) is 72.9 Å². The van der Waals surface area contributed by atoms with Crippen LogP contribution in [0.5, 0.6) is 0 Å². The Balaban J connectivity index is 1.81. The summed E-state index contributed by atoms with van der Waals surface area (Å²) in [4.78, 5) is 0. The van der Waals surface area contributed by atoms with Crippen molar-refractivity contribution < 1.29 is 0 Å². The van der Waals surface area contributed by atoms with Gasteiger partial charge in [0.2, 0.25) is 0 Å². The fourth-order valence-corrected chi connectivity index (χ4v) is 2.56. The van der Waals surface area contributed by atoms with Gasteiger partial charge in [-0.2, -0.15) is 15.4 Å². The molecule has 0 saturated heterocycles. The van der Waals surface area contributed by atoms with Crippen molar-refractivity contribution in [3.63, 3.8) is 0 Å². The van der Waals surface area contributed by atoms with Gasteiger partial charge in [0.05, 0.1) is 6.20 Å². The summed E-state index contributed by atoms with van der Waals surface area (Å²) in [7, 11) is 0. The molecule has 0 spiro atoms. The van der Waals surface area contributed by atoms with Crippen LogP contribution >= 0.6 is 0 Å². The van der Waals surface area contributed by atoms with Gasteiger partial charge in [-0.3, -0.25) is 0 Å². The smallest absolute Gasteiger partial charge is 0.112 e. The molecule has 0 bridgehead atoms. The number of aromatic nitrogens is 3. The summed E-state index contributed by atoms with van der Waals surface area (Å²) in [5, 5.41) is 13.1. The summed E-state index contributed by atoms with van der Waals surface area (Å²) in [6, 6.07) is 23.3. The third-order valence-electron chi connectivity index (χ3n) is 3.66. The van der Waals surface area contributed by atoms with E-state index in [1.165, 1.54) is 21.9 Å². The minimum atomic E-state index is 0.865. The Labute approximate surface area is 122 Å². The van der Waals surface area contributed by atoms with Gasteiger partial charge in [0.15, 0.2) is 0 Å². The van der Waals surface area contributed by atoms with Crippen molar-refractivity contribution in [1.29, 1.82) is 0 Å². The van der Waals surface area contributed by atoms with E-state index >= 15 is 0 Å². The van der Waals surface area contributed by atoms with E-state index in [0.29, 0.717) is 0 Å². The molecule has 0 aliphatic heterocycles. The van der Waals surface area contributed by atoms with Crippen molar-refractivity contribution in [2.75, 3.05) is 0 Å². The van der Waals surface area contributed by atoms with Crippen LogP contribution in [-0.2, 0) is 0 Å². The number of aromatic amines is 1. The highest BCUT2D eigenvalue weighted by molar-refractivity contribution is 5.90. The van der Waals surface area contributed by atoms with Gasteiger partial charge >= 0.3 is 0 Å². The minimum Gasteiger partial charge on any atom is -0.197 e. The largest absolute Gasteiger partial charge is 0.197 e. The number of nitrogens with zero attached hydrogens (tertiary/aromatic N) is 2. The third kappa shape index (κ3) is 2.19. The second-order valence-electron chi connectivity index (χ2n) is 5.00. The molecule has 0 unspecified atom stereocenters. The maximum atomic E-state index is 4.12. The second-order valence-corrected chi connectivity index (χ2v) is 5.00. The molecule has 4 rings (SSSR count). The van der Waals surface area contributed by atoms with E-state index < -0.39 is 0 Å². The summed E-state index contributed by atoms with van der Waals surface area (Å²) < 4.78 is 0. The molecular weight excluding hydrogens is 258 g/mol. The molecular formula is C18H13N3. The van der Waals surface area contributed by atoms with Crippen LogP contribution < -0.4 is 0 Å². The first-order valence-corrected chi connectivity index (χ1v) is 6.85. The predicted molar refractivity (Wildman–Crippen MR) is 84.8 cm³/mol. The molecule has 0 amide bonds. The summed E-state index contributed by atoms with van der Waals surface area (Å²) in [6.45, 7) is 0. The fraction of sp³-hybridized carbons (Fsp3) is 0. The molecule has 0 saturated carbocycles. The first-order chi connectivity index (χ1) is 10.4. The van der Waals surface area contributed by atoms with Gasteiger partial charge in [-0.15, -0.1) is 0 Å². The van der Waals surface area contributed by atoms with Gasteiger partial charge in [0, 0.05) is 5.56 Å². The maximum absolute atomic E-state index is 4.12. The zero-order valence-corrected chi connectivity index (χ0v) is 11.3. The first kappa shape index (κ1) is 11.9. The molecule has 100 valence electrons. The predicted octanol–water partition coefficient (Wildman–Crippen LogP) is 4.29. The highest BCUT2D eigenvalue weighted by atomic mass is 15.3. The quantitative estimate of drug-likeness (QED) is 0.591. The average Bonchev–Trinajstić information content (AvgIpc) is 3.09. The first-order valence-electron chi connectivity index (χ1n) is 6.85. The fourth-order valence-electron chi connectivity index (χ4n) is 2.56. The molecule has 4 aromatic rings. The number of hydrogen-bond donors (Lipinski definition) is 1. The minimum absolute atomic E-state index is 0.865. The van der Waals surface area contributed by atoms with Gasteiger partial charge in [-0.1, -0.05) is 54.6 Å². The molecule has 1 aromatic heterocycles. The average molecular weight is 271 g/mol. The highest BCUT2D eigenvalue weighted by Crippen LogP contribution is 2.27. The normalized spacial score (nSPS) is 10.9. The van der Waals surface area contributed by atoms with Crippen LogP contribution in [0.4, 0.5) is 0 Å². The SMILES string of the molecule is c1ccc(-c2ccc3cc(-c4cn[nH]n4)ccc3c2)cc1. The standard InChI is InChI=1S/C18H13N3/c1-2-4-13(5-3-1)14-6-7-16-11-17(9-8-15(16)10-14)18-12-19-21-20-18/h1-12H,(H,19,20,21). The van der Waals surface area contributed by atoms with E-state index in [-0.39, 0.29) is 0 Å². The molecule has 0 fully saturated rings. The van der Waals surface area contributed by atoms with E-state index in [2.05, 4.69) is 76.1 Å². The van der Waals surface area contributed by atoms with E-state index in [4.69, 9.17) is 0 Å². The molecule has 1 N–H and O–H groups in total. The summed E-state index contributed by atoms with van der Waals surface area (Å²) in [6.07, 6.45) is 1.74. The number of H-pyrrole nitrogens is 1. The van der Waals surface area contributed by atoms with Crippen molar-refractivity contribution in [2.24, 2.45) is 0 Å². The monoisotopic (exact) mass is 271 g/mol. The Bertz CT molecular complexity index is 881. The van der Waals surface area contributed by atoms with Crippen LogP contribution in [0, 0.1) is 0 Å². The molecule has 0 radical (unpaired) electrons. The Hall–Kier alpha value is -2.94. The Kier molecular flexibility index (Phi) is 2.75. The molecule has 0 aliphatic rings. The van der Waals surface area contributed by atoms with Crippen LogP contribution in [0.3, 0.4) is 0 Å². The van der Waals surface area contributed by atoms with Gasteiger partial charge in [0.1, 0.15) is 5.69 Å². The molecule has 21 heavy (non-hydrogen) atoms. The Morgan fingerprint density at radius 3 is 2.10 bits per heavy atom. The molecule has 3 nitrogen and oxygen atoms in total. The van der Waals surface area contributed by atoms with Crippen LogP contribution in [0.15, 0.2) is 72.9 Å². The van der Waals surface area contributed by atoms with Gasteiger partial charge in [-0.25, -0.2) is 0 Å². The molecule has 0 aliphatic carbocycles. The van der Waals surface area contributed by atoms with Crippen molar-refractivity contribution in [1.82, 2.24) is 15.4 Å². The Morgan fingerprint density at radius 1 is 0.667 bits per heavy atom. The topological polar surface area (TPSA) is 41.6 Å². The number of hydrogen-bond acceptors (Lipinski definition) is 2. The third-order valence-corrected chi connectivity index (χ3v) is 3.66. The summed E-state index contributed by atoms with van der Waals surface area (Å²) in [5.74, 6) is 0. The molecule has 1 heterocycles. The van der Waals surface area contributed by atoms with Crippen LogP contribution in [-0.4, -0.2) is 15.4 Å². The van der Waals surface area contributed by atoms with E-state index in [0.717, 1.165) is 11.3 Å². The zero-order valence-electron chi connectivity index (χ0n) is 11.3. The van der Waals surface area contributed by atoms with Crippen molar-refractivity contribution in [3.8, 4) is 22.4 Å². The molecule has 3 heteroatoms. The van der Waals surface area contributed by atoms with Gasteiger partial charge in [0.25, 0.3) is 0 Å². The van der Waals surface area contributed by atoms with Crippen molar-refractivity contribution >= 4 is 10.8 Å². The van der Waals surface area contributed by atoms with E-state index in [1.54, 1.807) is 6.20 Å². The zero-order chi connectivity index (χ0) is 14.1. The lowest BCUT2D eigenvalue weighted by atomic mass is 9.99. The molecule has 3 aromatic carbocycles. The number of nitrogens with one attached hydrogen (secondary N) is 1. The van der Waals surface area contributed by atoms with Gasteiger partial charge in [-0.05, 0) is 34.0 Å². The van der Waals surface area contributed by atoms with E-state index in [1.807, 2.05) is 6.07 Å². The lowest BCUT2D eigenvalue weighted by Gasteiger charge is -2.05. The highest BCUT2D eigenvalue weighted by Gasteiger charge is 2.03.